The number of benzene rings is 2. The van der Waals surface area contributed by atoms with E-state index in [1.807, 2.05) is 18.2 Å². The second-order valence-electron chi connectivity index (χ2n) is 5.36. The normalized spacial score (nSPS) is 10.8. The van der Waals surface area contributed by atoms with Gasteiger partial charge in [0.25, 0.3) is 11.2 Å². The molecular formula is C17H9N5O3. The van der Waals surface area contributed by atoms with Crippen molar-refractivity contribution in [2.45, 2.75) is 0 Å². The molecule has 0 aliphatic carbocycles. The molecule has 8 heteroatoms. The Balaban J connectivity index is 2.22. The van der Waals surface area contributed by atoms with Gasteiger partial charge in [-0.25, -0.2) is 4.98 Å². The van der Waals surface area contributed by atoms with Crippen molar-refractivity contribution in [1.82, 2.24) is 14.4 Å². The number of aromatic nitrogens is 3. The molecule has 120 valence electrons. The molecule has 0 radical (unpaired) electrons. The Kier molecular flexibility index (Phi) is 3.08. The van der Waals surface area contributed by atoms with Crippen LogP contribution in [0.25, 0.3) is 28.1 Å². The minimum atomic E-state index is -0.591. The van der Waals surface area contributed by atoms with Crippen LogP contribution in [0.1, 0.15) is 5.56 Å². The van der Waals surface area contributed by atoms with Crippen molar-refractivity contribution in [3.8, 4) is 17.3 Å². The van der Waals surface area contributed by atoms with Crippen molar-refractivity contribution < 1.29 is 4.92 Å². The molecule has 0 fully saturated rings. The van der Waals surface area contributed by atoms with Gasteiger partial charge >= 0.3 is 0 Å². The molecule has 0 amide bonds. The van der Waals surface area contributed by atoms with Gasteiger partial charge in [-0.15, -0.1) is 0 Å². The van der Waals surface area contributed by atoms with Crippen LogP contribution in [0.3, 0.4) is 0 Å². The summed E-state index contributed by atoms with van der Waals surface area (Å²) < 4.78 is 1.63. The van der Waals surface area contributed by atoms with Crippen LogP contribution in [0.4, 0.5) is 5.69 Å². The number of imidazole rings is 1. The van der Waals surface area contributed by atoms with E-state index in [-0.39, 0.29) is 22.7 Å². The summed E-state index contributed by atoms with van der Waals surface area (Å²) in [5.41, 5.74) is 1.15. The van der Waals surface area contributed by atoms with Crippen molar-refractivity contribution >= 4 is 22.5 Å². The van der Waals surface area contributed by atoms with E-state index < -0.39 is 10.5 Å². The SMILES string of the molecule is N#Cc1c(-c2cccc([N+](=O)[O-])c2)n2c(nc3ccccc32)[nH]c1=O. The Morgan fingerprint density at radius 2 is 2.00 bits per heavy atom. The van der Waals surface area contributed by atoms with Crippen LogP contribution in [-0.2, 0) is 0 Å². The summed E-state index contributed by atoms with van der Waals surface area (Å²) in [5, 5.41) is 20.6. The standard InChI is InChI=1S/C17H9N5O3/c18-9-12-15(10-4-3-5-11(8-10)22(24)25)21-14-7-2-1-6-13(14)19-17(21)20-16(12)23/h1-8H,(H,19,20,23). The first-order valence-corrected chi connectivity index (χ1v) is 7.28. The highest BCUT2D eigenvalue weighted by atomic mass is 16.6. The highest BCUT2D eigenvalue weighted by Gasteiger charge is 2.19. The van der Waals surface area contributed by atoms with E-state index in [0.29, 0.717) is 16.6 Å². The molecule has 2 heterocycles. The molecule has 0 spiro atoms. The molecule has 1 N–H and O–H groups in total. The predicted octanol–water partition coefficient (Wildman–Crippen LogP) is 2.62. The molecule has 0 aliphatic rings. The molecule has 25 heavy (non-hydrogen) atoms. The number of nitrogens with one attached hydrogen (secondary N) is 1. The maximum absolute atomic E-state index is 12.3. The number of hydrogen-bond donors (Lipinski definition) is 1. The molecule has 2 aromatic heterocycles. The van der Waals surface area contributed by atoms with E-state index >= 15 is 0 Å². The summed E-state index contributed by atoms with van der Waals surface area (Å²) in [7, 11) is 0. The van der Waals surface area contributed by atoms with E-state index in [2.05, 4.69) is 9.97 Å². The molecule has 8 nitrogen and oxygen atoms in total. The molecule has 4 aromatic rings. The van der Waals surface area contributed by atoms with E-state index in [1.165, 1.54) is 18.2 Å². The van der Waals surface area contributed by atoms with Gasteiger partial charge < -0.3 is 0 Å². The Bertz CT molecular complexity index is 1260. The molecule has 0 bridgehead atoms. The van der Waals surface area contributed by atoms with Crippen molar-refractivity contribution in [3.63, 3.8) is 0 Å². The van der Waals surface area contributed by atoms with E-state index in [4.69, 9.17) is 0 Å². The van der Waals surface area contributed by atoms with Gasteiger partial charge in [0.2, 0.25) is 5.78 Å². The highest BCUT2D eigenvalue weighted by Crippen LogP contribution is 2.28. The van der Waals surface area contributed by atoms with Gasteiger partial charge in [-0.1, -0.05) is 24.3 Å². The quantitative estimate of drug-likeness (QED) is 0.447. The van der Waals surface area contributed by atoms with Crippen LogP contribution in [0.5, 0.6) is 0 Å². The lowest BCUT2D eigenvalue weighted by Gasteiger charge is -2.08. The van der Waals surface area contributed by atoms with Crippen molar-refractivity contribution in [2.75, 3.05) is 0 Å². The van der Waals surface area contributed by atoms with Gasteiger partial charge in [0.15, 0.2) is 0 Å². The number of fused-ring (bicyclic) bond motifs is 3. The van der Waals surface area contributed by atoms with Crippen LogP contribution in [0.15, 0.2) is 53.3 Å². The van der Waals surface area contributed by atoms with Crippen molar-refractivity contribution in [1.29, 1.82) is 5.26 Å². The third kappa shape index (κ3) is 2.14. The number of para-hydroxylation sites is 2. The number of nitriles is 1. The van der Waals surface area contributed by atoms with Crippen LogP contribution in [0, 0.1) is 21.4 Å². The van der Waals surface area contributed by atoms with E-state index in [9.17, 15) is 20.2 Å². The number of H-pyrrole nitrogens is 1. The van der Waals surface area contributed by atoms with Crippen LogP contribution < -0.4 is 5.56 Å². The second-order valence-corrected chi connectivity index (χ2v) is 5.36. The fourth-order valence-corrected chi connectivity index (χ4v) is 2.86. The first-order chi connectivity index (χ1) is 12.1. The smallest absolute Gasteiger partial charge is 0.270 e. The van der Waals surface area contributed by atoms with E-state index in [1.54, 1.807) is 22.6 Å². The summed E-state index contributed by atoms with van der Waals surface area (Å²) in [6, 6.07) is 14.9. The third-order valence-electron chi connectivity index (χ3n) is 3.92. The zero-order valence-corrected chi connectivity index (χ0v) is 12.6. The van der Waals surface area contributed by atoms with Gasteiger partial charge in [0.05, 0.1) is 21.7 Å². The molecule has 0 atom stereocenters. The van der Waals surface area contributed by atoms with Gasteiger partial charge in [0, 0.05) is 17.7 Å². The largest absolute Gasteiger partial charge is 0.291 e. The Labute approximate surface area is 139 Å². The Morgan fingerprint density at radius 3 is 2.76 bits per heavy atom. The number of nitro groups is 1. The van der Waals surface area contributed by atoms with Gasteiger partial charge in [-0.05, 0) is 12.1 Å². The summed E-state index contributed by atoms with van der Waals surface area (Å²) in [6.07, 6.45) is 0. The van der Waals surface area contributed by atoms with Crippen molar-refractivity contribution in [3.05, 3.63) is 74.6 Å². The van der Waals surface area contributed by atoms with Crippen molar-refractivity contribution in [2.24, 2.45) is 0 Å². The minimum absolute atomic E-state index is 0.126. The van der Waals surface area contributed by atoms with E-state index in [0.717, 1.165) is 0 Å². The molecule has 0 saturated carbocycles. The number of non-ortho nitro benzene ring substituents is 1. The number of hydrogen-bond acceptors (Lipinski definition) is 5. The van der Waals surface area contributed by atoms with Crippen LogP contribution in [-0.4, -0.2) is 19.3 Å². The average molecular weight is 331 g/mol. The average Bonchev–Trinajstić information content (AvgIpc) is 2.98. The fourth-order valence-electron chi connectivity index (χ4n) is 2.86. The van der Waals surface area contributed by atoms with Crippen LogP contribution in [0.2, 0.25) is 0 Å². The lowest BCUT2D eigenvalue weighted by Crippen LogP contribution is -2.15. The predicted molar refractivity (Wildman–Crippen MR) is 90.1 cm³/mol. The first-order valence-electron chi connectivity index (χ1n) is 7.28. The minimum Gasteiger partial charge on any atom is -0.291 e. The molecule has 0 saturated heterocycles. The van der Waals surface area contributed by atoms with Gasteiger partial charge in [-0.3, -0.25) is 24.3 Å². The fraction of sp³-hybridized carbons (Fsp3) is 0. The summed E-state index contributed by atoms with van der Waals surface area (Å²) in [4.78, 5) is 29.8. The summed E-state index contributed by atoms with van der Waals surface area (Å²) in [5.74, 6) is 0.270. The summed E-state index contributed by atoms with van der Waals surface area (Å²) >= 11 is 0. The molecule has 0 aliphatic heterocycles. The highest BCUT2D eigenvalue weighted by molar-refractivity contribution is 5.84. The number of aromatic amines is 1. The van der Waals surface area contributed by atoms with Gasteiger partial charge in [-0.2, -0.15) is 5.26 Å². The zero-order valence-electron chi connectivity index (χ0n) is 12.6. The third-order valence-corrected chi connectivity index (χ3v) is 3.92. The Hall–Kier alpha value is -3.99. The number of nitro benzene ring substituents is 1. The maximum atomic E-state index is 12.3. The summed E-state index contributed by atoms with van der Waals surface area (Å²) in [6.45, 7) is 0. The zero-order chi connectivity index (χ0) is 17.6. The molecule has 4 rings (SSSR count). The lowest BCUT2D eigenvalue weighted by molar-refractivity contribution is -0.384. The first kappa shape index (κ1) is 14.6. The monoisotopic (exact) mass is 331 g/mol. The number of nitrogens with zero attached hydrogens (tertiary/aromatic N) is 4. The molecular weight excluding hydrogens is 322 g/mol. The maximum Gasteiger partial charge on any atom is 0.270 e. The molecule has 2 aromatic carbocycles. The topological polar surface area (TPSA) is 117 Å². The number of rotatable bonds is 2. The molecule has 0 unspecified atom stereocenters. The lowest BCUT2D eigenvalue weighted by atomic mass is 10.1. The van der Waals surface area contributed by atoms with Crippen LogP contribution >= 0.6 is 0 Å². The van der Waals surface area contributed by atoms with Gasteiger partial charge in [0.1, 0.15) is 11.6 Å². The second kappa shape index (κ2) is 5.28. The Morgan fingerprint density at radius 1 is 1.20 bits per heavy atom.